The molecule has 4 fully saturated rings. The van der Waals surface area contributed by atoms with Crippen LogP contribution in [0.1, 0.15) is 40.4 Å². The van der Waals surface area contributed by atoms with Crippen LogP contribution in [0.15, 0.2) is 36.5 Å². The molecule has 3 atom stereocenters. The Balaban J connectivity index is 1.50. The van der Waals surface area contributed by atoms with Crippen LogP contribution in [-0.2, 0) is 0 Å². The number of nitrogens with zero attached hydrogens (tertiary/aromatic N) is 2. The van der Waals surface area contributed by atoms with E-state index in [4.69, 9.17) is 4.74 Å². The third kappa shape index (κ3) is 2.67. The number of aromatic nitrogens is 1. The van der Waals surface area contributed by atoms with E-state index in [1.54, 1.807) is 7.11 Å². The minimum absolute atomic E-state index is 0.155. The van der Waals surface area contributed by atoms with E-state index in [9.17, 15) is 4.79 Å². The summed E-state index contributed by atoms with van der Waals surface area (Å²) >= 11 is 0. The molecule has 1 aromatic carbocycles. The number of aryl methyl sites for hydroxylation is 1. The molecular weight excluding hydrogens is 338 g/mol. The van der Waals surface area contributed by atoms with Gasteiger partial charge in [-0.1, -0.05) is 12.1 Å². The monoisotopic (exact) mass is 365 g/mol. The Morgan fingerprint density at radius 3 is 2.52 bits per heavy atom. The van der Waals surface area contributed by atoms with Crippen molar-refractivity contribution in [2.75, 3.05) is 26.7 Å². The Morgan fingerprint density at radius 1 is 1.15 bits per heavy atom. The van der Waals surface area contributed by atoms with E-state index in [1.165, 1.54) is 31.5 Å². The second-order valence-electron chi connectivity index (χ2n) is 8.28. The first-order valence-electron chi connectivity index (χ1n) is 9.99. The summed E-state index contributed by atoms with van der Waals surface area (Å²) in [6.07, 6.45) is 4.34. The van der Waals surface area contributed by atoms with Crippen molar-refractivity contribution < 1.29 is 9.53 Å². The maximum absolute atomic E-state index is 13.3. The number of likely N-dealkylation sites (tertiary alicyclic amines) is 1. The lowest BCUT2D eigenvalue weighted by Crippen LogP contribution is -2.60. The smallest absolute Gasteiger partial charge is 0.270 e. The van der Waals surface area contributed by atoms with Gasteiger partial charge < -0.3 is 14.6 Å². The second-order valence-corrected chi connectivity index (χ2v) is 8.28. The van der Waals surface area contributed by atoms with Gasteiger partial charge in [0, 0.05) is 24.7 Å². The Hall–Kier alpha value is -2.27. The summed E-state index contributed by atoms with van der Waals surface area (Å²) < 4.78 is 5.33. The maximum atomic E-state index is 13.3. The van der Waals surface area contributed by atoms with Crippen molar-refractivity contribution in [2.45, 2.75) is 37.8 Å². The lowest BCUT2D eigenvalue weighted by molar-refractivity contribution is -0.00356. The molecule has 1 amide bonds. The molecule has 142 valence electrons. The van der Waals surface area contributed by atoms with Gasteiger partial charge in [0.05, 0.1) is 13.2 Å². The number of rotatable bonds is 3. The van der Waals surface area contributed by atoms with Crippen LogP contribution in [0.4, 0.5) is 0 Å². The molecule has 0 saturated carbocycles. The van der Waals surface area contributed by atoms with Gasteiger partial charge >= 0.3 is 0 Å². The van der Waals surface area contributed by atoms with Crippen LogP contribution in [0.5, 0.6) is 5.75 Å². The number of benzene rings is 1. The third-order valence-electron chi connectivity index (χ3n) is 6.86. The van der Waals surface area contributed by atoms with Gasteiger partial charge in [-0.3, -0.25) is 9.69 Å². The first kappa shape index (κ1) is 16.9. The van der Waals surface area contributed by atoms with Crippen molar-refractivity contribution >= 4 is 5.91 Å². The Bertz CT molecular complexity index is 835. The van der Waals surface area contributed by atoms with Crippen LogP contribution in [0.25, 0.3) is 0 Å². The topological polar surface area (TPSA) is 48.6 Å². The van der Waals surface area contributed by atoms with Gasteiger partial charge in [-0.25, -0.2) is 0 Å². The fourth-order valence-electron chi connectivity index (χ4n) is 5.58. The van der Waals surface area contributed by atoms with Crippen LogP contribution in [-0.4, -0.2) is 59.5 Å². The van der Waals surface area contributed by atoms with E-state index in [0.29, 0.717) is 23.9 Å². The highest BCUT2D eigenvalue weighted by Crippen LogP contribution is 2.47. The molecule has 4 aliphatic rings. The summed E-state index contributed by atoms with van der Waals surface area (Å²) in [7, 11) is 1.70. The van der Waals surface area contributed by atoms with Gasteiger partial charge in [-0.15, -0.1) is 0 Å². The zero-order valence-electron chi connectivity index (χ0n) is 16.0. The summed E-state index contributed by atoms with van der Waals surface area (Å²) in [6.45, 7) is 5.16. The standard InChI is InChI=1S/C22H27N3O2/c1-14-11-19(23-12-14)22(26)25-13-18(15-3-5-17(27-2)6-4-15)21-20(25)16-7-9-24(21)10-8-16/h3-6,11-12,16,18,20-21,23H,7-10,13H2,1-2H3/t18-,20+,21+/m1/s1. The van der Waals surface area contributed by atoms with Crippen molar-refractivity contribution in [1.29, 1.82) is 0 Å². The van der Waals surface area contributed by atoms with Gasteiger partial charge in [0.15, 0.2) is 0 Å². The maximum Gasteiger partial charge on any atom is 0.270 e. The van der Waals surface area contributed by atoms with Crippen molar-refractivity contribution in [3.63, 3.8) is 0 Å². The molecule has 6 rings (SSSR count). The molecular formula is C22H27N3O2. The van der Waals surface area contributed by atoms with Gasteiger partial charge in [0.25, 0.3) is 5.91 Å². The molecule has 2 bridgehead atoms. The highest BCUT2D eigenvalue weighted by atomic mass is 16.5. The Kier molecular flexibility index (Phi) is 4.01. The number of piperidine rings is 3. The number of carbonyl (C=O) groups is 1. The molecule has 2 aromatic rings. The average molecular weight is 365 g/mol. The molecule has 0 aliphatic carbocycles. The summed E-state index contributed by atoms with van der Waals surface area (Å²) in [5, 5.41) is 0. The van der Waals surface area contributed by atoms with Gasteiger partial charge in [-0.2, -0.15) is 0 Å². The lowest BCUT2D eigenvalue weighted by Gasteiger charge is -2.51. The molecule has 27 heavy (non-hydrogen) atoms. The SMILES string of the molecule is COc1ccc([C@H]2CN(C(=O)c3cc(C)c[nH]3)[C@H]3C4CCN(CC4)[C@@H]23)cc1. The third-order valence-corrected chi connectivity index (χ3v) is 6.86. The van der Waals surface area contributed by atoms with Gasteiger partial charge in [0.2, 0.25) is 0 Å². The number of nitrogens with one attached hydrogen (secondary N) is 1. The van der Waals surface area contributed by atoms with E-state index in [0.717, 1.165) is 23.6 Å². The van der Waals surface area contributed by atoms with Gasteiger partial charge in [0.1, 0.15) is 11.4 Å². The highest BCUT2D eigenvalue weighted by Gasteiger charge is 2.54. The predicted octanol–water partition coefficient (Wildman–Crippen LogP) is 3.03. The second kappa shape index (κ2) is 6.41. The summed E-state index contributed by atoms with van der Waals surface area (Å²) in [6, 6.07) is 11.2. The molecule has 5 nitrogen and oxygen atoms in total. The molecule has 0 spiro atoms. The minimum atomic E-state index is 0.155. The van der Waals surface area contributed by atoms with Crippen molar-refractivity contribution in [2.24, 2.45) is 5.92 Å². The Morgan fingerprint density at radius 2 is 1.89 bits per heavy atom. The highest BCUT2D eigenvalue weighted by molar-refractivity contribution is 5.93. The number of ether oxygens (including phenoxy) is 1. The number of aromatic amines is 1. The number of fused-ring (bicyclic) bond motifs is 2. The van der Waals surface area contributed by atoms with Gasteiger partial charge in [-0.05, 0) is 68.1 Å². The zero-order valence-corrected chi connectivity index (χ0v) is 16.0. The molecule has 5 heteroatoms. The molecule has 1 N–H and O–H groups in total. The first-order valence-corrected chi connectivity index (χ1v) is 9.99. The summed E-state index contributed by atoms with van der Waals surface area (Å²) in [5.74, 6) is 2.03. The summed E-state index contributed by atoms with van der Waals surface area (Å²) in [5.41, 5.74) is 3.14. The van der Waals surface area contributed by atoms with Crippen LogP contribution in [0, 0.1) is 12.8 Å². The molecule has 0 unspecified atom stereocenters. The quantitative estimate of drug-likeness (QED) is 0.910. The van der Waals surface area contributed by atoms with E-state index < -0.39 is 0 Å². The van der Waals surface area contributed by atoms with E-state index in [1.807, 2.05) is 31.3 Å². The van der Waals surface area contributed by atoms with Crippen molar-refractivity contribution in [3.05, 3.63) is 53.3 Å². The summed E-state index contributed by atoms with van der Waals surface area (Å²) in [4.78, 5) is 21.3. The predicted molar refractivity (Wildman–Crippen MR) is 104 cm³/mol. The van der Waals surface area contributed by atoms with Crippen molar-refractivity contribution in [3.8, 4) is 5.75 Å². The van der Waals surface area contributed by atoms with Crippen LogP contribution in [0.3, 0.4) is 0 Å². The van der Waals surface area contributed by atoms with Crippen LogP contribution < -0.4 is 4.74 Å². The Labute approximate surface area is 160 Å². The molecule has 5 heterocycles. The fraction of sp³-hybridized carbons (Fsp3) is 0.500. The minimum Gasteiger partial charge on any atom is -0.497 e. The van der Waals surface area contributed by atoms with E-state index >= 15 is 0 Å². The number of carbonyl (C=O) groups excluding carboxylic acids is 1. The number of hydrogen-bond acceptors (Lipinski definition) is 3. The number of amides is 1. The van der Waals surface area contributed by atoms with Crippen molar-refractivity contribution in [1.82, 2.24) is 14.8 Å². The van der Waals surface area contributed by atoms with E-state index in [2.05, 4.69) is 26.9 Å². The molecule has 4 aliphatic heterocycles. The molecule has 4 saturated heterocycles. The van der Waals surface area contributed by atoms with Crippen LogP contribution in [0.2, 0.25) is 0 Å². The molecule has 0 radical (unpaired) electrons. The number of hydrogen-bond donors (Lipinski definition) is 1. The fourth-order valence-corrected chi connectivity index (χ4v) is 5.58. The molecule has 1 aromatic heterocycles. The average Bonchev–Trinajstić information content (AvgIpc) is 3.34. The largest absolute Gasteiger partial charge is 0.497 e. The number of H-pyrrole nitrogens is 1. The van der Waals surface area contributed by atoms with E-state index in [-0.39, 0.29) is 5.91 Å². The normalized spacial score (nSPS) is 31.8. The lowest BCUT2D eigenvalue weighted by atomic mass is 9.75. The first-order chi connectivity index (χ1) is 13.2. The van der Waals surface area contributed by atoms with Crippen LogP contribution >= 0.6 is 0 Å². The number of methoxy groups -OCH3 is 1. The zero-order chi connectivity index (χ0) is 18.5.